The molecule has 1 aliphatic heterocycles. The van der Waals surface area contributed by atoms with Gasteiger partial charge in [-0.1, -0.05) is 0 Å². The number of nitrogens with one attached hydrogen (secondary N) is 1. The molecular formula is C15H21N5O2. The summed E-state index contributed by atoms with van der Waals surface area (Å²) in [6.07, 6.45) is 5.63. The number of nitrogens with zero attached hydrogens (tertiary/aromatic N) is 4. The number of fused-ring (bicyclic) bond motifs is 1. The van der Waals surface area contributed by atoms with Crippen LogP contribution in [0.1, 0.15) is 19.4 Å². The maximum atomic E-state index is 12.1. The first kappa shape index (κ1) is 14.9. The Morgan fingerprint density at radius 1 is 1.41 bits per heavy atom. The van der Waals surface area contributed by atoms with Crippen LogP contribution in [0.4, 0.5) is 0 Å². The number of ether oxygens (including phenoxy) is 1. The van der Waals surface area contributed by atoms with Gasteiger partial charge >= 0.3 is 0 Å². The fourth-order valence-electron chi connectivity index (χ4n) is 2.87. The summed E-state index contributed by atoms with van der Waals surface area (Å²) in [7, 11) is 0. The van der Waals surface area contributed by atoms with Crippen molar-refractivity contribution in [3.8, 4) is 0 Å². The number of hydrogen-bond donors (Lipinski definition) is 1. The Bertz CT molecular complexity index is 646. The van der Waals surface area contributed by atoms with Crippen molar-refractivity contribution in [1.29, 1.82) is 0 Å². The summed E-state index contributed by atoms with van der Waals surface area (Å²) in [6, 6.07) is 1.82. The average molecular weight is 303 g/mol. The molecule has 2 aromatic heterocycles. The minimum atomic E-state index is 0.0107. The van der Waals surface area contributed by atoms with E-state index in [2.05, 4.69) is 20.3 Å². The lowest BCUT2D eigenvalue weighted by Crippen LogP contribution is -2.49. The van der Waals surface area contributed by atoms with E-state index >= 15 is 0 Å². The fraction of sp³-hybridized carbons (Fsp3) is 0.533. The summed E-state index contributed by atoms with van der Waals surface area (Å²) in [5, 5.41) is 7.15. The molecule has 1 saturated heterocycles. The molecule has 0 aromatic carbocycles. The monoisotopic (exact) mass is 303 g/mol. The zero-order chi connectivity index (χ0) is 15.5. The Labute approximate surface area is 129 Å². The molecule has 1 fully saturated rings. The van der Waals surface area contributed by atoms with Crippen LogP contribution in [0.3, 0.4) is 0 Å². The van der Waals surface area contributed by atoms with Crippen LogP contribution in [0, 0.1) is 0 Å². The van der Waals surface area contributed by atoms with Crippen LogP contribution in [-0.4, -0.2) is 57.2 Å². The number of carbonyl (C=O) groups is 1. The van der Waals surface area contributed by atoms with Crippen LogP contribution in [-0.2, 0) is 16.1 Å². The average Bonchev–Trinajstić information content (AvgIpc) is 2.87. The van der Waals surface area contributed by atoms with E-state index in [0.717, 1.165) is 24.3 Å². The molecule has 0 bridgehead atoms. The maximum Gasteiger partial charge on any atom is 0.234 e. The van der Waals surface area contributed by atoms with E-state index < -0.39 is 0 Å². The van der Waals surface area contributed by atoms with Gasteiger partial charge in [0.2, 0.25) is 5.91 Å². The van der Waals surface area contributed by atoms with E-state index in [-0.39, 0.29) is 18.1 Å². The summed E-state index contributed by atoms with van der Waals surface area (Å²) < 4.78 is 7.37. The van der Waals surface area contributed by atoms with Gasteiger partial charge in [-0.05, 0) is 19.9 Å². The van der Waals surface area contributed by atoms with Crippen molar-refractivity contribution in [3.05, 3.63) is 30.2 Å². The molecule has 1 amide bonds. The van der Waals surface area contributed by atoms with Crippen molar-refractivity contribution in [2.45, 2.75) is 32.6 Å². The SMILES string of the molecule is C[C@@H]1CN(CC(=O)NCc2cnn3cccnc23)C[C@H](C)O1. The summed E-state index contributed by atoms with van der Waals surface area (Å²) >= 11 is 0. The van der Waals surface area contributed by atoms with Crippen LogP contribution in [0.25, 0.3) is 5.65 Å². The molecule has 0 radical (unpaired) electrons. The van der Waals surface area contributed by atoms with Crippen LogP contribution < -0.4 is 5.32 Å². The van der Waals surface area contributed by atoms with Gasteiger partial charge in [-0.3, -0.25) is 9.69 Å². The molecule has 2 aromatic rings. The van der Waals surface area contributed by atoms with Gasteiger partial charge in [0.25, 0.3) is 0 Å². The van der Waals surface area contributed by atoms with E-state index in [1.165, 1.54) is 0 Å². The number of amides is 1. The van der Waals surface area contributed by atoms with Gasteiger partial charge in [-0.2, -0.15) is 5.10 Å². The lowest BCUT2D eigenvalue weighted by molar-refractivity contribution is -0.126. The summed E-state index contributed by atoms with van der Waals surface area (Å²) in [6.45, 7) is 6.47. The van der Waals surface area contributed by atoms with Crippen LogP contribution in [0.2, 0.25) is 0 Å². The molecule has 0 aliphatic carbocycles. The predicted octanol–water partition coefficient (Wildman–Crippen LogP) is 0.455. The fourth-order valence-corrected chi connectivity index (χ4v) is 2.87. The van der Waals surface area contributed by atoms with Crippen molar-refractivity contribution in [3.63, 3.8) is 0 Å². The molecule has 0 saturated carbocycles. The van der Waals surface area contributed by atoms with Gasteiger partial charge in [-0.15, -0.1) is 0 Å². The molecule has 1 aliphatic rings. The van der Waals surface area contributed by atoms with E-state index in [0.29, 0.717) is 13.1 Å². The highest BCUT2D eigenvalue weighted by atomic mass is 16.5. The summed E-state index contributed by atoms with van der Waals surface area (Å²) in [5.74, 6) is 0.0107. The number of aromatic nitrogens is 3. The van der Waals surface area contributed by atoms with E-state index in [4.69, 9.17) is 4.74 Å². The zero-order valence-electron chi connectivity index (χ0n) is 12.9. The van der Waals surface area contributed by atoms with Crippen molar-refractivity contribution in [1.82, 2.24) is 24.8 Å². The van der Waals surface area contributed by atoms with Gasteiger partial charge in [0.1, 0.15) is 0 Å². The minimum absolute atomic E-state index is 0.0107. The molecule has 3 heterocycles. The highest BCUT2D eigenvalue weighted by molar-refractivity contribution is 5.78. The van der Waals surface area contributed by atoms with Gasteiger partial charge in [0, 0.05) is 37.6 Å². The lowest BCUT2D eigenvalue weighted by atomic mass is 10.2. The largest absolute Gasteiger partial charge is 0.373 e. The van der Waals surface area contributed by atoms with Crippen molar-refractivity contribution in [2.24, 2.45) is 0 Å². The number of morpholine rings is 1. The Kier molecular flexibility index (Phi) is 4.35. The first-order valence-corrected chi connectivity index (χ1v) is 7.53. The highest BCUT2D eigenvalue weighted by Crippen LogP contribution is 2.10. The Morgan fingerprint density at radius 2 is 2.18 bits per heavy atom. The molecule has 3 rings (SSSR count). The molecule has 0 spiro atoms. The first-order valence-electron chi connectivity index (χ1n) is 7.53. The molecule has 2 atom stereocenters. The van der Waals surface area contributed by atoms with Crippen LogP contribution >= 0.6 is 0 Å². The van der Waals surface area contributed by atoms with Gasteiger partial charge < -0.3 is 10.1 Å². The molecular weight excluding hydrogens is 282 g/mol. The second-order valence-corrected chi connectivity index (χ2v) is 5.79. The normalized spacial score (nSPS) is 22.8. The van der Waals surface area contributed by atoms with E-state index in [9.17, 15) is 4.79 Å². The van der Waals surface area contributed by atoms with E-state index in [1.54, 1.807) is 16.9 Å². The van der Waals surface area contributed by atoms with Gasteiger partial charge in [0.15, 0.2) is 5.65 Å². The van der Waals surface area contributed by atoms with Crippen LogP contribution in [0.5, 0.6) is 0 Å². The quantitative estimate of drug-likeness (QED) is 0.888. The maximum absolute atomic E-state index is 12.1. The summed E-state index contributed by atoms with van der Waals surface area (Å²) in [5.41, 5.74) is 1.69. The molecule has 22 heavy (non-hydrogen) atoms. The van der Waals surface area contributed by atoms with E-state index in [1.807, 2.05) is 26.1 Å². The van der Waals surface area contributed by atoms with Crippen molar-refractivity contribution in [2.75, 3.05) is 19.6 Å². The highest BCUT2D eigenvalue weighted by Gasteiger charge is 2.23. The zero-order valence-corrected chi connectivity index (χ0v) is 12.9. The lowest BCUT2D eigenvalue weighted by Gasteiger charge is -2.34. The number of rotatable bonds is 4. The smallest absolute Gasteiger partial charge is 0.234 e. The number of carbonyl (C=O) groups excluding carboxylic acids is 1. The van der Waals surface area contributed by atoms with Crippen molar-refractivity contribution >= 4 is 11.6 Å². The Morgan fingerprint density at radius 3 is 2.95 bits per heavy atom. The third kappa shape index (κ3) is 3.42. The first-order chi connectivity index (χ1) is 10.6. The molecule has 1 N–H and O–H groups in total. The Balaban J connectivity index is 1.54. The van der Waals surface area contributed by atoms with Crippen LogP contribution in [0.15, 0.2) is 24.7 Å². The molecule has 7 heteroatoms. The molecule has 0 unspecified atom stereocenters. The third-order valence-corrected chi connectivity index (χ3v) is 3.69. The van der Waals surface area contributed by atoms with Gasteiger partial charge in [-0.25, -0.2) is 9.50 Å². The Hall–Kier alpha value is -1.99. The number of hydrogen-bond acceptors (Lipinski definition) is 5. The minimum Gasteiger partial charge on any atom is -0.373 e. The predicted molar refractivity (Wildman–Crippen MR) is 81.3 cm³/mol. The second kappa shape index (κ2) is 6.41. The topological polar surface area (TPSA) is 71.8 Å². The second-order valence-electron chi connectivity index (χ2n) is 5.79. The molecule has 7 nitrogen and oxygen atoms in total. The third-order valence-electron chi connectivity index (χ3n) is 3.69. The molecule has 118 valence electrons. The van der Waals surface area contributed by atoms with Gasteiger partial charge in [0.05, 0.1) is 24.9 Å². The standard InChI is InChI=1S/C15H21N5O2/c1-11-8-19(9-12(2)22-11)10-14(21)17-6-13-7-18-20-5-3-4-16-15(13)20/h3-5,7,11-12H,6,8-10H2,1-2H3,(H,17,21)/t11-,12+. The summed E-state index contributed by atoms with van der Waals surface area (Å²) in [4.78, 5) is 18.5. The van der Waals surface area contributed by atoms with Crippen molar-refractivity contribution < 1.29 is 9.53 Å².